The van der Waals surface area contributed by atoms with Crippen LogP contribution in [-0.2, 0) is 9.59 Å². The second-order valence-corrected chi connectivity index (χ2v) is 4.21. The van der Waals surface area contributed by atoms with Crippen LogP contribution in [0, 0.1) is 0 Å². The molecular weight excluding hydrogens is 234 g/mol. The molecular formula is C13H15NO2S. The van der Waals surface area contributed by atoms with Crippen LogP contribution >= 0.6 is 12.6 Å². The molecule has 0 saturated heterocycles. The van der Waals surface area contributed by atoms with Crippen LogP contribution in [0.1, 0.15) is 19.4 Å². The van der Waals surface area contributed by atoms with E-state index in [4.69, 9.17) is 0 Å². The molecule has 0 radical (unpaired) electrons. The quantitative estimate of drug-likeness (QED) is 0.373. The first-order valence-electron chi connectivity index (χ1n) is 5.20. The van der Waals surface area contributed by atoms with Gasteiger partial charge >= 0.3 is 0 Å². The molecule has 1 N–H and O–H groups in total. The van der Waals surface area contributed by atoms with Gasteiger partial charge in [-0.3, -0.25) is 9.59 Å². The summed E-state index contributed by atoms with van der Waals surface area (Å²) < 4.78 is 0. The number of hydrogen-bond acceptors (Lipinski definition) is 4. The Kier molecular flexibility index (Phi) is 4.52. The maximum atomic E-state index is 11.3. The number of thiol groups is 1. The topological polar surface area (TPSA) is 46.2 Å². The lowest BCUT2D eigenvalue weighted by molar-refractivity contribution is -0.119. The van der Waals surface area contributed by atoms with Gasteiger partial charge in [-0.15, -0.1) is 12.6 Å². The number of allylic oxidation sites excluding steroid dienone is 1. The zero-order chi connectivity index (χ0) is 13.0. The number of anilines is 1. The average molecular weight is 249 g/mol. The van der Waals surface area contributed by atoms with E-state index in [0.29, 0.717) is 0 Å². The van der Waals surface area contributed by atoms with Crippen LogP contribution in [0.2, 0.25) is 0 Å². The third kappa shape index (κ3) is 3.46. The summed E-state index contributed by atoms with van der Waals surface area (Å²) in [6, 6.07) is 5.50. The summed E-state index contributed by atoms with van der Waals surface area (Å²) in [5.41, 5.74) is 1.82. The first-order chi connectivity index (χ1) is 7.95. The molecule has 1 aromatic rings. The van der Waals surface area contributed by atoms with Crippen LogP contribution in [0.4, 0.5) is 5.69 Å². The number of carbonyl (C=O) groups excluding carboxylic acids is 2. The van der Waals surface area contributed by atoms with Gasteiger partial charge in [-0.1, -0.05) is 0 Å². The minimum Gasteiger partial charge on any atom is -0.388 e. The molecule has 0 fully saturated rings. The molecule has 3 nitrogen and oxygen atoms in total. The summed E-state index contributed by atoms with van der Waals surface area (Å²) in [7, 11) is 1.78. The molecule has 0 amide bonds. The van der Waals surface area contributed by atoms with Gasteiger partial charge in [0, 0.05) is 17.6 Å². The Morgan fingerprint density at radius 1 is 1.24 bits per heavy atom. The first kappa shape index (κ1) is 13.5. The van der Waals surface area contributed by atoms with Gasteiger partial charge in [-0.2, -0.15) is 0 Å². The van der Waals surface area contributed by atoms with E-state index in [1.54, 1.807) is 19.2 Å². The predicted octanol–water partition coefficient (Wildman–Crippen LogP) is 2.58. The molecule has 0 aliphatic heterocycles. The van der Waals surface area contributed by atoms with Crippen molar-refractivity contribution in [2.45, 2.75) is 18.7 Å². The molecule has 90 valence electrons. The van der Waals surface area contributed by atoms with Crippen LogP contribution < -0.4 is 5.32 Å². The number of nitrogens with one attached hydrogen (secondary N) is 1. The molecule has 0 aromatic heterocycles. The number of ketones is 2. The van der Waals surface area contributed by atoms with Gasteiger partial charge in [0.25, 0.3) is 0 Å². The van der Waals surface area contributed by atoms with Crippen LogP contribution in [0.25, 0.3) is 6.08 Å². The maximum Gasteiger partial charge on any atom is 0.163 e. The summed E-state index contributed by atoms with van der Waals surface area (Å²) in [6.07, 6.45) is 1.59. The van der Waals surface area contributed by atoms with E-state index in [0.717, 1.165) is 16.1 Å². The zero-order valence-corrected chi connectivity index (χ0v) is 11.0. The maximum absolute atomic E-state index is 11.3. The Hall–Kier alpha value is -1.55. The molecule has 0 aliphatic carbocycles. The normalized spacial score (nSPS) is 9.65. The number of benzene rings is 1. The monoisotopic (exact) mass is 249 g/mol. The second kappa shape index (κ2) is 5.68. The van der Waals surface area contributed by atoms with Crippen molar-refractivity contribution in [3.05, 3.63) is 29.3 Å². The van der Waals surface area contributed by atoms with Gasteiger partial charge in [-0.05, 0) is 43.7 Å². The third-order valence-corrected chi connectivity index (χ3v) is 2.64. The van der Waals surface area contributed by atoms with Crippen molar-refractivity contribution < 1.29 is 9.59 Å². The molecule has 0 saturated carbocycles. The highest BCUT2D eigenvalue weighted by molar-refractivity contribution is 7.80. The van der Waals surface area contributed by atoms with Crippen LogP contribution in [-0.4, -0.2) is 18.6 Å². The van der Waals surface area contributed by atoms with Gasteiger partial charge < -0.3 is 5.32 Å². The van der Waals surface area contributed by atoms with E-state index in [-0.39, 0.29) is 17.1 Å². The molecule has 4 heteroatoms. The number of rotatable bonds is 4. The van der Waals surface area contributed by atoms with Crippen LogP contribution in [0.5, 0.6) is 0 Å². The smallest absolute Gasteiger partial charge is 0.163 e. The van der Waals surface area contributed by atoms with E-state index >= 15 is 0 Å². The van der Waals surface area contributed by atoms with Crippen molar-refractivity contribution in [2.75, 3.05) is 12.4 Å². The van der Waals surface area contributed by atoms with E-state index in [1.807, 2.05) is 12.1 Å². The van der Waals surface area contributed by atoms with E-state index < -0.39 is 0 Å². The lowest BCUT2D eigenvalue weighted by Crippen LogP contribution is -2.06. The molecule has 1 aromatic carbocycles. The first-order valence-corrected chi connectivity index (χ1v) is 5.64. The van der Waals surface area contributed by atoms with Crippen molar-refractivity contribution in [1.29, 1.82) is 0 Å². The Labute approximate surface area is 106 Å². The van der Waals surface area contributed by atoms with Crippen molar-refractivity contribution >= 4 is 36.0 Å². The molecule has 0 spiro atoms. The molecule has 0 heterocycles. The van der Waals surface area contributed by atoms with Gasteiger partial charge in [0.05, 0.1) is 5.57 Å². The summed E-state index contributed by atoms with van der Waals surface area (Å²) >= 11 is 4.24. The minimum atomic E-state index is -0.232. The summed E-state index contributed by atoms with van der Waals surface area (Å²) in [4.78, 5) is 23.5. The second-order valence-electron chi connectivity index (χ2n) is 3.69. The van der Waals surface area contributed by atoms with Crippen molar-refractivity contribution in [2.24, 2.45) is 0 Å². The fraction of sp³-hybridized carbons (Fsp3) is 0.231. The molecule has 17 heavy (non-hydrogen) atoms. The molecule has 0 atom stereocenters. The van der Waals surface area contributed by atoms with Crippen LogP contribution in [0.3, 0.4) is 0 Å². The van der Waals surface area contributed by atoms with Crippen LogP contribution in [0.15, 0.2) is 28.7 Å². The van der Waals surface area contributed by atoms with Crippen molar-refractivity contribution in [1.82, 2.24) is 0 Å². The molecule has 0 aliphatic rings. The van der Waals surface area contributed by atoms with Gasteiger partial charge in [-0.25, -0.2) is 0 Å². The number of Topliss-reactive ketones (excluding diaryl/α,β-unsaturated/α-hetero) is 2. The summed E-state index contributed by atoms with van der Waals surface area (Å²) in [5.74, 6) is -0.465. The van der Waals surface area contributed by atoms with Crippen molar-refractivity contribution in [3.63, 3.8) is 0 Å². The van der Waals surface area contributed by atoms with Gasteiger partial charge in [0.15, 0.2) is 11.6 Å². The minimum absolute atomic E-state index is 0.195. The Balaban J connectivity index is 3.32. The zero-order valence-electron chi connectivity index (χ0n) is 10.1. The Morgan fingerprint density at radius 2 is 1.82 bits per heavy atom. The van der Waals surface area contributed by atoms with Crippen molar-refractivity contribution in [3.8, 4) is 0 Å². The van der Waals surface area contributed by atoms with Gasteiger partial charge in [0.2, 0.25) is 0 Å². The third-order valence-electron chi connectivity index (χ3n) is 2.36. The Morgan fingerprint density at radius 3 is 2.29 bits per heavy atom. The number of hydrogen-bond donors (Lipinski definition) is 2. The predicted molar refractivity (Wildman–Crippen MR) is 72.6 cm³/mol. The fourth-order valence-electron chi connectivity index (χ4n) is 1.50. The highest BCUT2D eigenvalue weighted by Crippen LogP contribution is 2.22. The lowest BCUT2D eigenvalue weighted by Gasteiger charge is -2.07. The molecule has 1 rings (SSSR count). The largest absolute Gasteiger partial charge is 0.388 e. The Bertz CT molecular complexity index is 476. The van der Waals surface area contributed by atoms with E-state index in [1.165, 1.54) is 13.8 Å². The SMILES string of the molecule is CNc1ccc(S)cc1C=C(C(C)=O)C(C)=O. The molecule has 0 unspecified atom stereocenters. The van der Waals surface area contributed by atoms with Gasteiger partial charge in [0.1, 0.15) is 0 Å². The highest BCUT2D eigenvalue weighted by atomic mass is 32.1. The lowest BCUT2D eigenvalue weighted by atomic mass is 10.0. The fourth-order valence-corrected chi connectivity index (χ4v) is 1.72. The van der Waals surface area contributed by atoms with E-state index in [2.05, 4.69) is 17.9 Å². The average Bonchev–Trinajstić information content (AvgIpc) is 2.25. The summed E-state index contributed by atoms with van der Waals surface area (Å²) in [6.45, 7) is 2.77. The standard InChI is InChI=1S/C13H15NO2S/c1-8(15)12(9(2)16)7-10-6-11(17)4-5-13(10)14-3/h4-7,14,17H,1-3H3. The highest BCUT2D eigenvalue weighted by Gasteiger charge is 2.10. The molecule has 0 bridgehead atoms. The number of carbonyl (C=O) groups is 2. The summed E-state index contributed by atoms with van der Waals surface area (Å²) in [5, 5.41) is 3.00. The van der Waals surface area contributed by atoms with E-state index in [9.17, 15) is 9.59 Å².